The lowest BCUT2D eigenvalue weighted by Crippen LogP contribution is -2.26. The Morgan fingerprint density at radius 1 is 1.35 bits per heavy atom. The summed E-state index contributed by atoms with van der Waals surface area (Å²) in [6.45, 7) is -0.0398. The van der Waals surface area contributed by atoms with E-state index in [1.807, 2.05) is 0 Å². The van der Waals surface area contributed by atoms with E-state index in [1.54, 1.807) is 37.4 Å². The second-order valence-electron chi connectivity index (χ2n) is 5.08. The van der Waals surface area contributed by atoms with Crippen molar-refractivity contribution in [2.75, 3.05) is 18.6 Å². The van der Waals surface area contributed by atoms with Crippen LogP contribution >= 0.6 is 10.7 Å². The van der Waals surface area contributed by atoms with Crippen LogP contribution in [0.5, 0.6) is 5.75 Å². The van der Waals surface area contributed by atoms with Crippen molar-refractivity contribution < 1.29 is 22.5 Å². The third-order valence-corrected chi connectivity index (χ3v) is 5.51. The molecule has 1 aromatic carbocycles. The summed E-state index contributed by atoms with van der Waals surface area (Å²) in [4.78, 5) is 13.2. The van der Waals surface area contributed by atoms with Gasteiger partial charge in [-0.15, -0.1) is 0 Å². The predicted molar refractivity (Wildman–Crippen MR) is 84.0 cm³/mol. The summed E-state index contributed by atoms with van der Waals surface area (Å²) >= 11 is 0. The second-order valence-corrected chi connectivity index (χ2v) is 7.99. The lowest BCUT2D eigenvalue weighted by Gasteiger charge is -2.10. The molecular formula is C14H13ClN2O5S. The molecule has 0 radical (unpaired) electrons. The monoisotopic (exact) mass is 356 g/mol. The van der Waals surface area contributed by atoms with E-state index >= 15 is 0 Å². The number of rotatable bonds is 4. The van der Waals surface area contributed by atoms with Gasteiger partial charge in [-0.1, -0.05) is 5.16 Å². The Balaban J connectivity index is 1.83. The molecule has 1 saturated heterocycles. The van der Waals surface area contributed by atoms with E-state index in [4.69, 9.17) is 19.9 Å². The van der Waals surface area contributed by atoms with Gasteiger partial charge in [-0.3, -0.25) is 9.69 Å². The second kappa shape index (κ2) is 5.86. The van der Waals surface area contributed by atoms with E-state index in [-0.39, 0.29) is 24.8 Å². The van der Waals surface area contributed by atoms with Crippen molar-refractivity contribution in [2.24, 2.45) is 0 Å². The van der Waals surface area contributed by atoms with E-state index in [9.17, 15) is 13.2 Å². The minimum atomic E-state index is -3.80. The van der Waals surface area contributed by atoms with Gasteiger partial charge in [0.1, 0.15) is 16.7 Å². The summed E-state index contributed by atoms with van der Waals surface area (Å²) < 4.78 is 33.0. The van der Waals surface area contributed by atoms with Gasteiger partial charge in [-0.2, -0.15) is 0 Å². The third kappa shape index (κ3) is 3.18. The molecule has 0 saturated carbocycles. The van der Waals surface area contributed by atoms with Gasteiger partial charge in [-0.25, -0.2) is 8.42 Å². The third-order valence-electron chi connectivity index (χ3n) is 3.64. The van der Waals surface area contributed by atoms with Crippen molar-refractivity contribution in [3.8, 4) is 17.0 Å². The highest BCUT2D eigenvalue weighted by Crippen LogP contribution is 2.30. The Labute approximate surface area is 137 Å². The fraction of sp³-hybridized carbons (Fsp3) is 0.286. The highest BCUT2D eigenvalue weighted by Gasteiger charge is 2.39. The van der Waals surface area contributed by atoms with Crippen LogP contribution in [0.25, 0.3) is 11.3 Å². The number of nitrogens with zero attached hydrogens (tertiary/aromatic N) is 2. The van der Waals surface area contributed by atoms with Crippen molar-refractivity contribution in [3.63, 3.8) is 0 Å². The Morgan fingerprint density at radius 3 is 2.61 bits per heavy atom. The van der Waals surface area contributed by atoms with E-state index in [0.29, 0.717) is 11.4 Å². The maximum atomic E-state index is 12.0. The zero-order valence-corrected chi connectivity index (χ0v) is 13.7. The molecule has 0 bridgehead atoms. The van der Waals surface area contributed by atoms with E-state index < -0.39 is 14.3 Å². The standard InChI is InChI=1S/C14H13ClN2O5S/c1-21-10-4-2-9(3-5-10)12-7-14(22-16-12)17-8-11(6-13(17)18)23(15,19)20/h2-5,7,11H,6,8H2,1H3. The van der Waals surface area contributed by atoms with Crippen LogP contribution in [0, 0.1) is 0 Å². The molecule has 0 spiro atoms. The number of carbonyl (C=O) groups is 1. The van der Waals surface area contributed by atoms with Gasteiger partial charge < -0.3 is 9.26 Å². The molecule has 0 N–H and O–H groups in total. The molecule has 1 atom stereocenters. The van der Waals surface area contributed by atoms with E-state index in [1.165, 1.54) is 4.90 Å². The van der Waals surface area contributed by atoms with Gasteiger partial charge in [-0.05, 0) is 24.3 Å². The van der Waals surface area contributed by atoms with Crippen LogP contribution < -0.4 is 9.64 Å². The number of benzene rings is 1. The van der Waals surface area contributed by atoms with Crippen LogP contribution in [-0.2, 0) is 13.8 Å². The summed E-state index contributed by atoms with van der Waals surface area (Å²) in [6, 6.07) is 8.75. The zero-order valence-electron chi connectivity index (χ0n) is 12.1. The quantitative estimate of drug-likeness (QED) is 0.778. The first-order chi connectivity index (χ1) is 10.9. The Bertz CT molecular complexity index is 831. The first kappa shape index (κ1) is 15.8. The summed E-state index contributed by atoms with van der Waals surface area (Å²) in [5.74, 6) is 0.544. The van der Waals surface area contributed by atoms with Crippen LogP contribution in [0.15, 0.2) is 34.9 Å². The van der Waals surface area contributed by atoms with Crippen molar-refractivity contribution in [1.29, 1.82) is 0 Å². The average Bonchev–Trinajstić information content (AvgIpc) is 3.13. The van der Waals surface area contributed by atoms with Crippen LogP contribution in [0.1, 0.15) is 6.42 Å². The lowest BCUT2D eigenvalue weighted by atomic mass is 10.1. The largest absolute Gasteiger partial charge is 0.497 e. The number of amides is 1. The molecule has 1 aromatic heterocycles. The normalized spacial score (nSPS) is 18.4. The predicted octanol–water partition coefficient (Wildman–Crippen LogP) is 2.02. The summed E-state index contributed by atoms with van der Waals surface area (Å²) in [7, 11) is 3.10. The average molecular weight is 357 g/mol. The van der Waals surface area contributed by atoms with Crippen molar-refractivity contribution in [2.45, 2.75) is 11.7 Å². The molecule has 1 fully saturated rings. The topological polar surface area (TPSA) is 89.7 Å². The zero-order chi connectivity index (χ0) is 16.6. The molecule has 122 valence electrons. The maximum absolute atomic E-state index is 12.0. The molecule has 23 heavy (non-hydrogen) atoms. The van der Waals surface area contributed by atoms with Crippen LogP contribution in [0.3, 0.4) is 0 Å². The molecule has 1 aliphatic heterocycles. The highest BCUT2D eigenvalue weighted by molar-refractivity contribution is 8.14. The number of carbonyl (C=O) groups excluding carboxylic acids is 1. The van der Waals surface area contributed by atoms with Crippen LogP contribution in [0.2, 0.25) is 0 Å². The Kier molecular flexibility index (Phi) is 4.03. The summed E-state index contributed by atoms with van der Waals surface area (Å²) in [6.07, 6.45) is -0.162. The van der Waals surface area contributed by atoms with Crippen molar-refractivity contribution in [3.05, 3.63) is 30.3 Å². The number of anilines is 1. The molecule has 9 heteroatoms. The summed E-state index contributed by atoms with van der Waals surface area (Å²) in [5.41, 5.74) is 1.32. The van der Waals surface area contributed by atoms with E-state index in [0.717, 1.165) is 5.56 Å². The minimum Gasteiger partial charge on any atom is -0.497 e. The number of ether oxygens (including phenoxy) is 1. The molecule has 2 heterocycles. The first-order valence-electron chi connectivity index (χ1n) is 6.73. The number of hydrogen-bond donors (Lipinski definition) is 0. The minimum absolute atomic E-state index is 0.0398. The van der Waals surface area contributed by atoms with Crippen molar-refractivity contribution in [1.82, 2.24) is 5.16 Å². The first-order valence-corrected chi connectivity index (χ1v) is 9.10. The molecule has 1 unspecified atom stereocenters. The highest BCUT2D eigenvalue weighted by atomic mass is 35.7. The molecule has 1 aliphatic rings. The fourth-order valence-corrected chi connectivity index (χ4v) is 3.39. The Morgan fingerprint density at radius 2 is 2.04 bits per heavy atom. The molecule has 7 nitrogen and oxygen atoms in total. The van der Waals surface area contributed by atoms with Gasteiger partial charge in [0.25, 0.3) is 0 Å². The molecule has 1 amide bonds. The number of halogens is 1. The SMILES string of the molecule is COc1ccc(-c2cc(N3CC(S(=O)(=O)Cl)CC3=O)on2)cc1. The van der Waals surface area contributed by atoms with Gasteiger partial charge in [0.2, 0.25) is 20.8 Å². The lowest BCUT2D eigenvalue weighted by molar-refractivity contribution is -0.117. The van der Waals surface area contributed by atoms with Gasteiger partial charge in [0.15, 0.2) is 0 Å². The Hall–Kier alpha value is -2.06. The van der Waals surface area contributed by atoms with Gasteiger partial charge in [0.05, 0.1) is 7.11 Å². The molecular weight excluding hydrogens is 344 g/mol. The number of aromatic nitrogens is 1. The smallest absolute Gasteiger partial charge is 0.237 e. The maximum Gasteiger partial charge on any atom is 0.237 e. The number of hydrogen-bond acceptors (Lipinski definition) is 6. The van der Waals surface area contributed by atoms with E-state index in [2.05, 4.69) is 5.16 Å². The van der Waals surface area contributed by atoms with Crippen LogP contribution in [-0.4, -0.2) is 38.4 Å². The molecule has 3 rings (SSSR count). The van der Waals surface area contributed by atoms with Crippen LogP contribution in [0.4, 0.5) is 5.88 Å². The molecule has 0 aliphatic carbocycles. The van der Waals surface area contributed by atoms with Gasteiger partial charge >= 0.3 is 0 Å². The number of methoxy groups -OCH3 is 1. The summed E-state index contributed by atoms with van der Waals surface area (Å²) in [5, 5.41) is 2.98. The van der Waals surface area contributed by atoms with Gasteiger partial charge in [0, 0.05) is 35.3 Å². The fourth-order valence-electron chi connectivity index (χ4n) is 2.37. The molecule has 2 aromatic rings. The van der Waals surface area contributed by atoms with Crippen molar-refractivity contribution >= 4 is 31.5 Å².